The minimum Gasteiger partial charge on any atom is -0.493 e. The minimum atomic E-state index is 0.273. The van der Waals surface area contributed by atoms with Gasteiger partial charge in [0.2, 0.25) is 0 Å². The van der Waals surface area contributed by atoms with Gasteiger partial charge in [-0.25, -0.2) is 0 Å². The van der Waals surface area contributed by atoms with Crippen molar-refractivity contribution in [3.63, 3.8) is 0 Å². The summed E-state index contributed by atoms with van der Waals surface area (Å²) < 4.78 is 6.63. The molecule has 4 aliphatic rings. The van der Waals surface area contributed by atoms with Crippen molar-refractivity contribution in [2.75, 3.05) is 19.7 Å². The van der Waals surface area contributed by atoms with Crippen LogP contribution in [0.3, 0.4) is 0 Å². The van der Waals surface area contributed by atoms with Gasteiger partial charge in [-0.05, 0) is 66.5 Å². The third-order valence-electron chi connectivity index (χ3n) is 4.91. The molecule has 0 radical (unpaired) electrons. The highest BCUT2D eigenvalue weighted by atomic mass is 79.9. The van der Waals surface area contributed by atoms with E-state index in [1.807, 2.05) is 6.92 Å². The summed E-state index contributed by atoms with van der Waals surface area (Å²) in [4.78, 5) is 2.59. The fourth-order valence-electron chi connectivity index (χ4n) is 3.90. The van der Waals surface area contributed by atoms with E-state index in [0.717, 1.165) is 10.2 Å². The first-order valence-corrected chi connectivity index (χ1v) is 8.56. The number of benzene rings is 1. The Morgan fingerprint density at radius 2 is 2.19 bits per heavy atom. The molecule has 112 valence electrons. The molecule has 0 spiro atoms. The topological polar surface area (TPSA) is 36.9 Å². The number of hydrazone groups is 1. The molecule has 1 aromatic rings. The van der Waals surface area contributed by atoms with Crippen molar-refractivity contribution in [1.29, 1.82) is 0 Å². The lowest BCUT2D eigenvalue weighted by Crippen LogP contribution is -2.56. The van der Waals surface area contributed by atoms with Gasteiger partial charge >= 0.3 is 0 Å². The fourth-order valence-corrected chi connectivity index (χ4v) is 4.41. The smallest absolute Gasteiger partial charge is 0.133 e. The number of hydrogen-bond acceptors (Lipinski definition) is 4. The molecule has 2 bridgehead atoms. The standard InChI is InChI=1S/C16H20BrN3O/c1-2-21-13-4-3-11(9-12(13)17)15-16-14(18-19-15)10-5-7-20(16)8-6-10/h3-4,9-10,15-16,19H,2,5-8H2,1H3. The van der Waals surface area contributed by atoms with E-state index in [-0.39, 0.29) is 6.04 Å². The number of fused-ring (bicyclic) bond motifs is 2. The van der Waals surface area contributed by atoms with E-state index in [2.05, 4.69) is 49.6 Å². The molecule has 5 rings (SSSR count). The highest BCUT2D eigenvalue weighted by Gasteiger charge is 2.46. The van der Waals surface area contributed by atoms with Gasteiger partial charge < -0.3 is 10.2 Å². The van der Waals surface area contributed by atoms with Gasteiger partial charge in [-0.2, -0.15) is 5.10 Å². The van der Waals surface area contributed by atoms with Crippen LogP contribution in [0.15, 0.2) is 27.8 Å². The van der Waals surface area contributed by atoms with Gasteiger partial charge in [0.05, 0.1) is 28.9 Å². The van der Waals surface area contributed by atoms with Gasteiger partial charge in [-0.1, -0.05) is 6.07 Å². The monoisotopic (exact) mass is 349 g/mol. The van der Waals surface area contributed by atoms with E-state index >= 15 is 0 Å². The predicted molar refractivity (Wildman–Crippen MR) is 86.7 cm³/mol. The lowest BCUT2D eigenvalue weighted by atomic mass is 9.78. The number of ether oxygens (including phenoxy) is 1. The maximum Gasteiger partial charge on any atom is 0.133 e. The second-order valence-corrected chi connectivity index (χ2v) is 6.88. The number of hydrogen-bond donors (Lipinski definition) is 1. The van der Waals surface area contributed by atoms with Crippen LogP contribution < -0.4 is 10.2 Å². The number of nitrogens with zero attached hydrogens (tertiary/aromatic N) is 2. The molecular weight excluding hydrogens is 330 g/mol. The fraction of sp³-hybridized carbons (Fsp3) is 0.562. The van der Waals surface area contributed by atoms with Gasteiger partial charge in [0.1, 0.15) is 5.75 Å². The highest BCUT2D eigenvalue weighted by molar-refractivity contribution is 9.10. The Morgan fingerprint density at radius 3 is 2.90 bits per heavy atom. The van der Waals surface area contributed by atoms with Crippen LogP contribution in [0.2, 0.25) is 0 Å². The number of halogens is 1. The lowest BCUT2D eigenvalue weighted by Gasteiger charge is -2.45. The summed E-state index contributed by atoms with van der Waals surface area (Å²) in [6.45, 7) is 5.12. The first-order valence-electron chi connectivity index (χ1n) is 7.77. The molecule has 3 fully saturated rings. The zero-order chi connectivity index (χ0) is 14.4. The van der Waals surface area contributed by atoms with E-state index < -0.39 is 0 Å². The van der Waals surface area contributed by atoms with Crippen LogP contribution in [0, 0.1) is 5.92 Å². The van der Waals surface area contributed by atoms with Gasteiger partial charge in [-0.3, -0.25) is 4.90 Å². The molecule has 4 nitrogen and oxygen atoms in total. The number of piperidine rings is 3. The molecule has 21 heavy (non-hydrogen) atoms. The van der Waals surface area contributed by atoms with Crippen molar-refractivity contribution < 1.29 is 4.74 Å². The summed E-state index contributed by atoms with van der Waals surface area (Å²) >= 11 is 3.62. The number of rotatable bonds is 3. The normalized spacial score (nSPS) is 33.3. The van der Waals surface area contributed by atoms with Crippen LogP contribution in [0.5, 0.6) is 5.75 Å². The van der Waals surface area contributed by atoms with Crippen LogP contribution in [-0.4, -0.2) is 36.3 Å². The zero-order valence-electron chi connectivity index (χ0n) is 12.2. The Morgan fingerprint density at radius 1 is 1.38 bits per heavy atom. The second-order valence-electron chi connectivity index (χ2n) is 6.02. The third kappa shape index (κ3) is 2.18. The molecule has 2 unspecified atom stereocenters. The van der Waals surface area contributed by atoms with E-state index in [4.69, 9.17) is 4.74 Å². The Bertz CT molecular complexity index is 581. The van der Waals surface area contributed by atoms with E-state index in [0.29, 0.717) is 18.6 Å². The Balaban J connectivity index is 1.62. The average Bonchev–Trinajstić information content (AvgIpc) is 2.98. The maximum absolute atomic E-state index is 5.60. The average molecular weight is 350 g/mol. The van der Waals surface area contributed by atoms with E-state index in [9.17, 15) is 0 Å². The Kier molecular flexibility index (Phi) is 3.42. The molecule has 0 saturated carbocycles. The van der Waals surface area contributed by atoms with Crippen LogP contribution >= 0.6 is 15.9 Å². The summed E-state index contributed by atoms with van der Waals surface area (Å²) in [7, 11) is 0. The van der Waals surface area contributed by atoms with Crippen molar-refractivity contribution in [2.45, 2.75) is 31.8 Å². The summed E-state index contributed by atoms with van der Waals surface area (Å²) in [6.07, 6.45) is 2.55. The van der Waals surface area contributed by atoms with Crippen LogP contribution in [0.1, 0.15) is 31.4 Å². The predicted octanol–water partition coefficient (Wildman–Crippen LogP) is 2.94. The summed E-state index contributed by atoms with van der Waals surface area (Å²) in [5.41, 5.74) is 6.04. The molecule has 0 aromatic heterocycles. The molecule has 0 aliphatic carbocycles. The van der Waals surface area contributed by atoms with Gasteiger partial charge in [0, 0.05) is 5.92 Å². The number of nitrogens with one attached hydrogen (secondary N) is 1. The molecule has 4 aliphatic heterocycles. The third-order valence-corrected chi connectivity index (χ3v) is 5.53. The van der Waals surface area contributed by atoms with E-state index in [1.54, 1.807) is 0 Å². The first-order chi connectivity index (χ1) is 10.3. The molecule has 4 heterocycles. The Labute approximate surface area is 133 Å². The quantitative estimate of drug-likeness (QED) is 0.911. The van der Waals surface area contributed by atoms with Crippen molar-refractivity contribution in [1.82, 2.24) is 10.3 Å². The summed E-state index contributed by atoms with van der Waals surface area (Å²) in [5, 5.41) is 4.67. The lowest BCUT2D eigenvalue weighted by molar-refractivity contribution is 0.133. The molecule has 3 saturated heterocycles. The molecular formula is C16H20BrN3O. The van der Waals surface area contributed by atoms with Crippen molar-refractivity contribution >= 4 is 21.6 Å². The largest absolute Gasteiger partial charge is 0.493 e. The SMILES string of the molecule is CCOc1ccc(C2NN=C3C4CCN(CC4)C32)cc1Br. The molecule has 0 amide bonds. The second kappa shape index (κ2) is 5.29. The van der Waals surface area contributed by atoms with Gasteiger partial charge in [0.15, 0.2) is 0 Å². The molecule has 2 atom stereocenters. The maximum atomic E-state index is 5.60. The Hall–Kier alpha value is -1.07. The highest BCUT2D eigenvalue weighted by Crippen LogP contribution is 2.40. The first kappa shape index (κ1) is 13.6. The van der Waals surface area contributed by atoms with Crippen LogP contribution in [-0.2, 0) is 0 Å². The van der Waals surface area contributed by atoms with Crippen molar-refractivity contribution in [3.8, 4) is 5.75 Å². The minimum absolute atomic E-state index is 0.273. The summed E-state index contributed by atoms with van der Waals surface area (Å²) in [5.74, 6) is 1.61. The molecule has 1 aromatic carbocycles. The zero-order valence-corrected chi connectivity index (χ0v) is 13.8. The molecule has 5 heteroatoms. The van der Waals surface area contributed by atoms with Crippen LogP contribution in [0.4, 0.5) is 0 Å². The molecule has 1 N–H and O–H groups in total. The van der Waals surface area contributed by atoms with Crippen molar-refractivity contribution in [3.05, 3.63) is 28.2 Å². The summed E-state index contributed by atoms with van der Waals surface area (Å²) in [6, 6.07) is 7.11. The van der Waals surface area contributed by atoms with Gasteiger partial charge in [0.25, 0.3) is 0 Å². The van der Waals surface area contributed by atoms with Gasteiger partial charge in [-0.15, -0.1) is 0 Å². The van der Waals surface area contributed by atoms with Crippen molar-refractivity contribution in [2.24, 2.45) is 11.0 Å². The van der Waals surface area contributed by atoms with Crippen LogP contribution in [0.25, 0.3) is 0 Å². The van der Waals surface area contributed by atoms with E-state index in [1.165, 1.54) is 37.2 Å².